The predicted octanol–water partition coefficient (Wildman–Crippen LogP) is 1.17. The predicted molar refractivity (Wildman–Crippen MR) is 59.7 cm³/mol. The van der Waals surface area contributed by atoms with Gasteiger partial charge in [0.25, 0.3) is 5.91 Å². The van der Waals surface area contributed by atoms with Gasteiger partial charge in [-0.25, -0.2) is 4.39 Å². The number of carbonyl (C=O) groups excluding carboxylic acids is 1. The van der Waals surface area contributed by atoms with Crippen LogP contribution in [0.15, 0.2) is 18.2 Å². The summed E-state index contributed by atoms with van der Waals surface area (Å²) in [5.41, 5.74) is 6.49. The summed E-state index contributed by atoms with van der Waals surface area (Å²) < 4.78 is 13.5. The molecule has 3 nitrogen and oxygen atoms in total. The van der Waals surface area contributed by atoms with Crippen LogP contribution in [0.4, 0.5) is 4.39 Å². The monoisotopic (exact) mass is 222 g/mol. The minimum atomic E-state index is -0.277. The molecule has 0 atom stereocenters. The molecule has 16 heavy (non-hydrogen) atoms. The number of hydrogen-bond acceptors (Lipinski definition) is 2. The highest BCUT2D eigenvalue weighted by Crippen LogP contribution is 2.21. The van der Waals surface area contributed by atoms with Gasteiger partial charge in [0.15, 0.2) is 0 Å². The number of halogens is 1. The minimum Gasteiger partial charge on any atom is -0.337 e. The molecular weight excluding hydrogens is 207 g/mol. The summed E-state index contributed by atoms with van der Waals surface area (Å²) in [5, 5.41) is 0. The van der Waals surface area contributed by atoms with Crippen LogP contribution in [0.2, 0.25) is 0 Å². The molecule has 1 aliphatic rings. The Morgan fingerprint density at radius 2 is 2.25 bits per heavy atom. The molecule has 0 fully saturated rings. The van der Waals surface area contributed by atoms with Crippen LogP contribution < -0.4 is 5.73 Å². The van der Waals surface area contributed by atoms with Crippen molar-refractivity contribution in [3.05, 3.63) is 35.1 Å². The number of benzene rings is 1. The third-order valence-electron chi connectivity index (χ3n) is 2.89. The fourth-order valence-electron chi connectivity index (χ4n) is 2.10. The number of hydrogen-bond donors (Lipinski definition) is 1. The van der Waals surface area contributed by atoms with Crippen molar-refractivity contribution in [1.29, 1.82) is 0 Å². The van der Waals surface area contributed by atoms with Gasteiger partial charge in [-0.2, -0.15) is 0 Å². The molecule has 1 heterocycles. The van der Waals surface area contributed by atoms with E-state index >= 15 is 0 Å². The molecule has 1 aromatic carbocycles. The fourth-order valence-corrected chi connectivity index (χ4v) is 2.10. The van der Waals surface area contributed by atoms with E-state index in [1.54, 1.807) is 17.0 Å². The Balaban J connectivity index is 2.37. The zero-order valence-electron chi connectivity index (χ0n) is 9.08. The Morgan fingerprint density at radius 1 is 1.44 bits per heavy atom. The fraction of sp³-hybridized carbons (Fsp3) is 0.417. The maximum absolute atomic E-state index is 13.5. The van der Waals surface area contributed by atoms with Gasteiger partial charge in [0.05, 0.1) is 0 Å². The normalized spacial score (nSPS) is 15.9. The van der Waals surface area contributed by atoms with Crippen molar-refractivity contribution < 1.29 is 9.18 Å². The minimum absolute atomic E-state index is 0.0996. The van der Waals surface area contributed by atoms with Gasteiger partial charge < -0.3 is 10.6 Å². The van der Waals surface area contributed by atoms with Gasteiger partial charge >= 0.3 is 0 Å². The summed E-state index contributed by atoms with van der Waals surface area (Å²) in [6, 6.07) is 4.68. The maximum Gasteiger partial charge on any atom is 0.254 e. The number of rotatable bonds is 2. The van der Waals surface area contributed by atoms with Crippen LogP contribution in [0, 0.1) is 5.82 Å². The van der Waals surface area contributed by atoms with Gasteiger partial charge in [0.1, 0.15) is 5.82 Å². The number of nitrogens with zero attached hydrogens (tertiary/aromatic N) is 1. The standard InChI is InChI=1S/C12H15FN2O/c13-11-5-1-3-10-9(11)4-2-7-15(8-6-14)12(10)16/h1,3,5H,2,4,6-8,14H2. The summed E-state index contributed by atoms with van der Waals surface area (Å²) in [5.74, 6) is -0.377. The van der Waals surface area contributed by atoms with Gasteiger partial charge in [-0.15, -0.1) is 0 Å². The van der Waals surface area contributed by atoms with Crippen molar-refractivity contribution in [3.8, 4) is 0 Å². The van der Waals surface area contributed by atoms with E-state index in [-0.39, 0.29) is 11.7 Å². The van der Waals surface area contributed by atoms with Crippen LogP contribution in [-0.2, 0) is 6.42 Å². The van der Waals surface area contributed by atoms with Crippen LogP contribution in [0.3, 0.4) is 0 Å². The van der Waals surface area contributed by atoms with E-state index in [0.29, 0.717) is 37.2 Å². The molecule has 1 aromatic rings. The third-order valence-corrected chi connectivity index (χ3v) is 2.89. The highest BCUT2D eigenvalue weighted by atomic mass is 19.1. The number of amides is 1. The quantitative estimate of drug-likeness (QED) is 0.816. The van der Waals surface area contributed by atoms with Crippen molar-refractivity contribution in [2.45, 2.75) is 12.8 Å². The van der Waals surface area contributed by atoms with Gasteiger partial charge in [-0.3, -0.25) is 4.79 Å². The first-order valence-electron chi connectivity index (χ1n) is 5.50. The largest absolute Gasteiger partial charge is 0.337 e. The zero-order chi connectivity index (χ0) is 11.5. The second-order valence-corrected chi connectivity index (χ2v) is 3.95. The number of nitrogens with two attached hydrogens (primary N) is 1. The molecule has 1 aliphatic heterocycles. The lowest BCUT2D eigenvalue weighted by Crippen LogP contribution is -2.35. The van der Waals surface area contributed by atoms with Gasteiger partial charge in [-0.05, 0) is 25.0 Å². The van der Waals surface area contributed by atoms with E-state index < -0.39 is 0 Å². The lowest BCUT2D eigenvalue weighted by molar-refractivity contribution is 0.0765. The lowest BCUT2D eigenvalue weighted by Gasteiger charge is -2.19. The van der Waals surface area contributed by atoms with E-state index in [9.17, 15) is 9.18 Å². The Kier molecular flexibility index (Phi) is 3.19. The summed E-state index contributed by atoms with van der Waals surface area (Å²) in [7, 11) is 0. The second-order valence-electron chi connectivity index (χ2n) is 3.95. The molecule has 2 N–H and O–H groups in total. The molecule has 0 radical (unpaired) electrons. The highest BCUT2D eigenvalue weighted by molar-refractivity contribution is 5.96. The Labute approximate surface area is 94.0 Å². The van der Waals surface area contributed by atoms with Gasteiger partial charge in [0.2, 0.25) is 0 Å². The highest BCUT2D eigenvalue weighted by Gasteiger charge is 2.23. The smallest absolute Gasteiger partial charge is 0.254 e. The average molecular weight is 222 g/mol. The van der Waals surface area contributed by atoms with Crippen molar-refractivity contribution in [2.24, 2.45) is 5.73 Å². The molecular formula is C12H15FN2O. The first-order valence-corrected chi connectivity index (χ1v) is 5.50. The van der Waals surface area contributed by atoms with Gasteiger partial charge in [0, 0.05) is 30.8 Å². The van der Waals surface area contributed by atoms with Crippen molar-refractivity contribution in [2.75, 3.05) is 19.6 Å². The Morgan fingerprint density at radius 3 is 3.00 bits per heavy atom. The van der Waals surface area contributed by atoms with E-state index in [4.69, 9.17) is 5.73 Å². The Hall–Kier alpha value is -1.42. The van der Waals surface area contributed by atoms with Crippen molar-refractivity contribution >= 4 is 5.91 Å². The molecule has 0 spiro atoms. The van der Waals surface area contributed by atoms with Crippen LogP contribution >= 0.6 is 0 Å². The molecule has 0 saturated heterocycles. The summed E-state index contributed by atoms with van der Waals surface area (Å²) in [4.78, 5) is 13.8. The first-order chi connectivity index (χ1) is 7.74. The second kappa shape index (κ2) is 4.61. The maximum atomic E-state index is 13.5. The van der Waals surface area contributed by atoms with Crippen molar-refractivity contribution in [3.63, 3.8) is 0 Å². The molecule has 0 bridgehead atoms. The third kappa shape index (κ3) is 1.93. The molecule has 86 valence electrons. The van der Waals surface area contributed by atoms with E-state index in [1.165, 1.54) is 6.07 Å². The first kappa shape index (κ1) is 11.1. The van der Waals surface area contributed by atoms with Crippen LogP contribution in [0.25, 0.3) is 0 Å². The number of fused-ring (bicyclic) bond motifs is 1. The molecule has 0 aliphatic carbocycles. The van der Waals surface area contributed by atoms with E-state index in [2.05, 4.69) is 0 Å². The molecule has 2 rings (SSSR count). The van der Waals surface area contributed by atoms with E-state index in [1.807, 2.05) is 0 Å². The molecule has 1 amide bonds. The molecule has 0 saturated carbocycles. The van der Waals surface area contributed by atoms with Crippen molar-refractivity contribution in [1.82, 2.24) is 4.90 Å². The molecule has 0 aromatic heterocycles. The SMILES string of the molecule is NCCN1CCCc2c(F)cccc2C1=O. The summed E-state index contributed by atoms with van der Waals surface area (Å²) in [6.07, 6.45) is 1.41. The zero-order valence-corrected chi connectivity index (χ0v) is 9.08. The molecule has 0 unspecified atom stereocenters. The Bertz CT molecular complexity index is 406. The number of carbonyl (C=O) groups is 1. The van der Waals surface area contributed by atoms with Crippen LogP contribution in [0.5, 0.6) is 0 Å². The summed E-state index contributed by atoms with van der Waals surface area (Å²) >= 11 is 0. The lowest BCUT2D eigenvalue weighted by atomic mass is 10.0. The van der Waals surface area contributed by atoms with Crippen LogP contribution in [0.1, 0.15) is 22.3 Å². The van der Waals surface area contributed by atoms with Gasteiger partial charge in [-0.1, -0.05) is 6.07 Å². The topological polar surface area (TPSA) is 46.3 Å². The van der Waals surface area contributed by atoms with E-state index in [0.717, 1.165) is 6.42 Å². The summed E-state index contributed by atoms with van der Waals surface area (Å²) in [6.45, 7) is 1.63. The average Bonchev–Trinajstić information content (AvgIpc) is 2.43. The van der Waals surface area contributed by atoms with Crippen LogP contribution in [-0.4, -0.2) is 30.4 Å². The molecule has 4 heteroatoms.